The third kappa shape index (κ3) is 4.31. The number of anilines is 1. The first-order valence-corrected chi connectivity index (χ1v) is 9.48. The monoisotopic (exact) mass is 443 g/mol. The van der Waals surface area contributed by atoms with Crippen molar-refractivity contribution in [3.05, 3.63) is 82.0 Å². The number of carbonyl (C=O) groups is 1. The van der Waals surface area contributed by atoms with Gasteiger partial charge in [-0.05, 0) is 36.8 Å². The molecule has 8 nitrogen and oxygen atoms in total. The van der Waals surface area contributed by atoms with Crippen molar-refractivity contribution in [3.8, 4) is 17.4 Å². The van der Waals surface area contributed by atoms with Gasteiger partial charge in [-0.2, -0.15) is 23.0 Å². The highest BCUT2D eigenvalue weighted by molar-refractivity contribution is 6.04. The number of carbonyl (C=O) groups excluding carboxylic acids is 1. The average molecular weight is 443 g/mol. The molecule has 0 unspecified atom stereocenters. The van der Waals surface area contributed by atoms with E-state index in [1.807, 2.05) is 6.92 Å². The van der Waals surface area contributed by atoms with Crippen LogP contribution in [0.15, 0.2) is 64.0 Å². The first-order valence-electron chi connectivity index (χ1n) is 9.48. The van der Waals surface area contributed by atoms with E-state index < -0.39 is 23.2 Å². The summed E-state index contributed by atoms with van der Waals surface area (Å²) in [5.41, 5.74) is -0.752. The number of H-pyrrole nitrogens is 1. The van der Waals surface area contributed by atoms with Gasteiger partial charge in [0.1, 0.15) is 11.5 Å². The highest BCUT2D eigenvalue weighted by atomic mass is 19.4. The Hall–Kier alpha value is -4.15. The fraction of sp³-hybridized carbons (Fsp3) is 0.143. The molecule has 0 aliphatic rings. The van der Waals surface area contributed by atoms with Crippen LogP contribution in [0.1, 0.15) is 28.5 Å². The van der Waals surface area contributed by atoms with Crippen LogP contribution in [0.4, 0.5) is 19.0 Å². The Labute approximate surface area is 178 Å². The lowest BCUT2D eigenvalue weighted by Gasteiger charge is -2.10. The molecular weight excluding hydrogens is 427 g/mol. The Balaban J connectivity index is 1.76. The van der Waals surface area contributed by atoms with E-state index in [-0.39, 0.29) is 17.3 Å². The van der Waals surface area contributed by atoms with E-state index >= 15 is 0 Å². The molecule has 1 aromatic carbocycles. The van der Waals surface area contributed by atoms with E-state index in [0.29, 0.717) is 23.6 Å². The lowest BCUT2D eigenvalue weighted by Crippen LogP contribution is -2.19. The second kappa shape index (κ2) is 8.17. The molecule has 0 aliphatic heterocycles. The van der Waals surface area contributed by atoms with Crippen LogP contribution >= 0.6 is 0 Å². The van der Waals surface area contributed by atoms with E-state index in [9.17, 15) is 22.8 Å². The van der Waals surface area contributed by atoms with Crippen molar-refractivity contribution < 1.29 is 22.4 Å². The third-order valence-corrected chi connectivity index (χ3v) is 4.52. The lowest BCUT2D eigenvalue weighted by molar-refractivity contribution is -0.137. The fourth-order valence-corrected chi connectivity index (χ4v) is 2.98. The van der Waals surface area contributed by atoms with Gasteiger partial charge in [-0.25, -0.2) is 4.98 Å². The summed E-state index contributed by atoms with van der Waals surface area (Å²) in [6.45, 7) is 1.82. The Morgan fingerprint density at radius 1 is 1.19 bits per heavy atom. The number of rotatable bonds is 5. The van der Waals surface area contributed by atoms with Crippen LogP contribution in [0.5, 0.6) is 0 Å². The number of amides is 1. The molecule has 0 bridgehead atoms. The Kier molecular flexibility index (Phi) is 5.39. The molecule has 0 radical (unpaired) electrons. The van der Waals surface area contributed by atoms with Gasteiger partial charge in [-0.1, -0.05) is 13.0 Å². The van der Waals surface area contributed by atoms with Crippen molar-refractivity contribution in [3.63, 3.8) is 0 Å². The smallest absolute Gasteiger partial charge is 0.416 e. The van der Waals surface area contributed by atoms with Crippen LogP contribution in [-0.4, -0.2) is 25.7 Å². The number of aryl methyl sites for hydroxylation is 1. The quantitative estimate of drug-likeness (QED) is 0.484. The van der Waals surface area contributed by atoms with E-state index in [1.165, 1.54) is 29.1 Å². The summed E-state index contributed by atoms with van der Waals surface area (Å²) in [7, 11) is 0. The number of nitrogens with one attached hydrogen (secondary N) is 2. The zero-order chi connectivity index (χ0) is 22.9. The van der Waals surface area contributed by atoms with E-state index in [0.717, 1.165) is 18.2 Å². The number of benzene rings is 1. The van der Waals surface area contributed by atoms with Gasteiger partial charge in [0.05, 0.1) is 11.8 Å². The lowest BCUT2D eigenvalue weighted by atomic mass is 10.1. The molecule has 3 heterocycles. The Bertz CT molecular complexity index is 1320. The normalized spacial score (nSPS) is 11.5. The maximum atomic E-state index is 13.0. The van der Waals surface area contributed by atoms with Crippen molar-refractivity contribution in [2.45, 2.75) is 19.5 Å². The van der Waals surface area contributed by atoms with E-state index in [2.05, 4.69) is 20.4 Å². The van der Waals surface area contributed by atoms with Crippen LogP contribution < -0.4 is 10.9 Å². The second-order valence-corrected chi connectivity index (χ2v) is 6.75. The van der Waals surface area contributed by atoms with Crippen LogP contribution in [0.25, 0.3) is 17.4 Å². The Morgan fingerprint density at radius 3 is 2.69 bits per heavy atom. The molecule has 164 valence electrons. The van der Waals surface area contributed by atoms with Gasteiger partial charge in [0, 0.05) is 23.4 Å². The SMILES string of the molecule is CCc1cc(=O)[nH]c(-n2nc(-c3ccco3)cc2NC(=O)c2cccc(C(F)(F)F)c2)n1. The summed E-state index contributed by atoms with van der Waals surface area (Å²) in [5, 5.41) is 6.87. The summed E-state index contributed by atoms with van der Waals surface area (Å²) in [6, 6.07) is 10.1. The highest BCUT2D eigenvalue weighted by Crippen LogP contribution is 2.30. The molecule has 32 heavy (non-hydrogen) atoms. The molecule has 3 aromatic heterocycles. The molecule has 2 N–H and O–H groups in total. The predicted octanol–water partition coefficient (Wildman–Crippen LogP) is 4.05. The minimum atomic E-state index is -4.59. The van der Waals surface area contributed by atoms with E-state index in [1.54, 1.807) is 12.1 Å². The minimum absolute atomic E-state index is 0.0338. The molecular formula is C21H16F3N5O3. The topological polar surface area (TPSA) is 106 Å². The molecule has 0 atom stereocenters. The van der Waals surface area contributed by atoms with Crippen LogP contribution in [0.3, 0.4) is 0 Å². The number of hydrogen-bond acceptors (Lipinski definition) is 5. The molecule has 0 aliphatic carbocycles. The summed E-state index contributed by atoms with van der Waals surface area (Å²) in [4.78, 5) is 31.6. The number of aromatic nitrogens is 4. The van der Waals surface area contributed by atoms with Gasteiger partial charge >= 0.3 is 6.18 Å². The van der Waals surface area contributed by atoms with Gasteiger partial charge in [-0.3, -0.25) is 14.6 Å². The maximum absolute atomic E-state index is 13.0. The van der Waals surface area contributed by atoms with Crippen LogP contribution in [0, 0.1) is 0 Å². The second-order valence-electron chi connectivity index (χ2n) is 6.75. The van der Waals surface area contributed by atoms with Crippen LogP contribution in [0.2, 0.25) is 0 Å². The van der Waals surface area contributed by atoms with E-state index in [4.69, 9.17) is 4.42 Å². The zero-order valence-electron chi connectivity index (χ0n) is 16.6. The van der Waals surface area contributed by atoms with Crippen molar-refractivity contribution in [2.75, 3.05) is 5.32 Å². The number of hydrogen-bond donors (Lipinski definition) is 2. The summed E-state index contributed by atoms with van der Waals surface area (Å²) in [6.07, 6.45) is -2.67. The molecule has 0 saturated heterocycles. The summed E-state index contributed by atoms with van der Waals surface area (Å²) in [5.74, 6) is -0.300. The molecule has 0 fully saturated rings. The van der Waals surface area contributed by atoms with Gasteiger partial charge in [0.2, 0.25) is 5.95 Å². The van der Waals surface area contributed by atoms with Gasteiger partial charge in [0.25, 0.3) is 11.5 Å². The van der Waals surface area contributed by atoms with Crippen molar-refractivity contribution >= 4 is 11.7 Å². The number of halogens is 3. The molecule has 4 aromatic rings. The molecule has 11 heteroatoms. The minimum Gasteiger partial charge on any atom is -0.463 e. The molecule has 0 saturated carbocycles. The summed E-state index contributed by atoms with van der Waals surface area (Å²) < 4.78 is 45.6. The van der Waals surface area contributed by atoms with Gasteiger partial charge < -0.3 is 9.73 Å². The largest absolute Gasteiger partial charge is 0.463 e. The van der Waals surface area contributed by atoms with Crippen LogP contribution in [-0.2, 0) is 12.6 Å². The maximum Gasteiger partial charge on any atom is 0.416 e. The summed E-state index contributed by atoms with van der Waals surface area (Å²) >= 11 is 0. The number of furan rings is 1. The molecule has 4 rings (SSSR count). The first-order chi connectivity index (χ1) is 15.2. The zero-order valence-corrected chi connectivity index (χ0v) is 16.6. The van der Waals surface area contributed by atoms with Crippen molar-refractivity contribution in [1.82, 2.24) is 19.7 Å². The highest BCUT2D eigenvalue weighted by Gasteiger charge is 2.31. The number of nitrogens with zero attached hydrogens (tertiary/aromatic N) is 3. The van der Waals surface area contributed by atoms with Crippen molar-refractivity contribution in [2.24, 2.45) is 0 Å². The fourth-order valence-electron chi connectivity index (χ4n) is 2.98. The first kappa shape index (κ1) is 21.1. The predicted molar refractivity (Wildman–Crippen MR) is 108 cm³/mol. The number of aromatic amines is 1. The Morgan fingerprint density at radius 2 is 2.00 bits per heavy atom. The van der Waals surface area contributed by atoms with Gasteiger partial charge in [-0.15, -0.1) is 0 Å². The van der Waals surface area contributed by atoms with Crippen molar-refractivity contribution in [1.29, 1.82) is 0 Å². The standard InChI is InChI=1S/C21H16F3N5O3/c1-2-14-10-18(30)27-20(25-14)29-17(11-15(28-29)16-7-4-8-32-16)26-19(31)12-5-3-6-13(9-12)21(22,23)24/h3-11H,2H2,1H3,(H,26,31)(H,25,27,30). The number of alkyl halides is 3. The molecule has 0 spiro atoms. The molecule has 1 amide bonds. The third-order valence-electron chi connectivity index (χ3n) is 4.52. The van der Waals surface area contributed by atoms with Gasteiger partial charge in [0.15, 0.2) is 5.76 Å². The average Bonchev–Trinajstić information content (AvgIpc) is 3.43.